The summed E-state index contributed by atoms with van der Waals surface area (Å²) in [5, 5.41) is 4.19. The molecule has 0 aliphatic carbocycles. The van der Waals surface area contributed by atoms with Crippen molar-refractivity contribution < 1.29 is 19.1 Å². The zero-order valence-electron chi connectivity index (χ0n) is 16.7. The summed E-state index contributed by atoms with van der Waals surface area (Å²) in [5.41, 5.74) is 3.16. The number of methoxy groups -OCH3 is 1. The number of hydrogen-bond acceptors (Lipinski definition) is 5. The highest BCUT2D eigenvalue weighted by Gasteiger charge is 2.32. The highest BCUT2D eigenvalue weighted by molar-refractivity contribution is 5.93. The number of rotatable bonds is 5. The van der Waals surface area contributed by atoms with Crippen molar-refractivity contribution in [2.24, 2.45) is 5.16 Å². The van der Waals surface area contributed by atoms with Crippen LogP contribution in [0.25, 0.3) is 0 Å². The van der Waals surface area contributed by atoms with E-state index >= 15 is 0 Å². The predicted molar refractivity (Wildman–Crippen MR) is 110 cm³/mol. The minimum Gasteiger partial charge on any atom is -0.493 e. The molecule has 4 rings (SSSR count). The Morgan fingerprint density at radius 3 is 2.86 bits per heavy atom. The van der Waals surface area contributed by atoms with Crippen LogP contribution in [0.3, 0.4) is 0 Å². The number of oxime groups is 1. The molecule has 2 aliphatic heterocycles. The van der Waals surface area contributed by atoms with Crippen molar-refractivity contribution in [3.63, 3.8) is 0 Å². The normalized spacial score (nSPS) is 18.6. The number of hydrogen-bond donors (Lipinski definition) is 0. The van der Waals surface area contributed by atoms with E-state index in [1.807, 2.05) is 41.3 Å². The Hall–Kier alpha value is -3.02. The molecule has 6 nitrogen and oxygen atoms in total. The Balaban J connectivity index is 1.38. The molecule has 0 saturated carbocycles. The first-order valence-corrected chi connectivity index (χ1v) is 10.1. The lowest BCUT2D eigenvalue weighted by atomic mass is 10.0. The lowest BCUT2D eigenvalue weighted by Crippen LogP contribution is -2.40. The van der Waals surface area contributed by atoms with Gasteiger partial charge in [-0.3, -0.25) is 4.79 Å². The fourth-order valence-electron chi connectivity index (χ4n) is 3.76. The van der Waals surface area contributed by atoms with Crippen molar-refractivity contribution in [1.82, 2.24) is 4.90 Å². The van der Waals surface area contributed by atoms with Crippen LogP contribution in [0.1, 0.15) is 30.4 Å². The molecule has 0 bridgehead atoms. The molecule has 0 saturated heterocycles. The fourth-order valence-corrected chi connectivity index (χ4v) is 3.76. The van der Waals surface area contributed by atoms with Crippen LogP contribution in [-0.2, 0) is 22.6 Å². The van der Waals surface area contributed by atoms with Crippen molar-refractivity contribution in [3.8, 4) is 11.5 Å². The molecule has 1 amide bonds. The lowest BCUT2D eigenvalue weighted by molar-refractivity contribution is -0.143. The third kappa shape index (κ3) is 4.53. The van der Waals surface area contributed by atoms with Gasteiger partial charge < -0.3 is 19.2 Å². The van der Waals surface area contributed by atoms with Crippen LogP contribution in [0, 0.1) is 0 Å². The van der Waals surface area contributed by atoms with Gasteiger partial charge in [0.15, 0.2) is 11.5 Å². The summed E-state index contributed by atoms with van der Waals surface area (Å²) in [4.78, 5) is 20.5. The smallest absolute Gasteiger partial charge is 0.267 e. The molecule has 0 aromatic heterocycles. The van der Waals surface area contributed by atoms with Crippen molar-refractivity contribution in [2.45, 2.75) is 38.3 Å². The molecule has 29 heavy (non-hydrogen) atoms. The van der Waals surface area contributed by atoms with Gasteiger partial charge in [0.25, 0.3) is 5.91 Å². The largest absolute Gasteiger partial charge is 0.493 e. The Labute approximate surface area is 171 Å². The summed E-state index contributed by atoms with van der Waals surface area (Å²) in [6.45, 7) is 1.65. The van der Waals surface area contributed by atoms with Crippen molar-refractivity contribution in [3.05, 3.63) is 59.7 Å². The first kappa shape index (κ1) is 19.3. The average Bonchev–Trinajstić information content (AvgIpc) is 3.22. The summed E-state index contributed by atoms with van der Waals surface area (Å²) >= 11 is 0. The predicted octanol–water partition coefficient (Wildman–Crippen LogP) is 3.58. The van der Waals surface area contributed by atoms with Gasteiger partial charge in [-0.1, -0.05) is 47.6 Å². The zero-order valence-corrected chi connectivity index (χ0v) is 16.7. The molecule has 0 radical (unpaired) electrons. The second-order valence-corrected chi connectivity index (χ2v) is 7.35. The molecule has 6 heteroatoms. The summed E-state index contributed by atoms with van der Waals surface area (Å²) in [6, 6.07) is 16.1. The lowest BCUT2D eigenvalue weighted by Gasteiger charge is -2.28. The monoisotopic (exact) mass is 394 g/mol. The van der Waals surface area contributed by atoms with Gasteiger partial charge in [-0.05, 0) is 30.9 Å². The number of benzene rings is 2. The molecule has 2 aliphatic rings. The van der Waals surface area contributed by atoms with Crippen LogP contribution in [-0.4, -0.2) is 42.9 Å². The van der Waals surface area contributed by atoms with E-state index in [0.717, 1.165) is 36.3 Å². The Bertz CT molecular complexity index is 882. The van der Waals surface area contributed by atoms with Crippen molar-refractivity contribution in [1.29, 1.82) is 0 Å². The molecule has 2 aromatic rings. The van der Waals surface area contributed by atoms with Crippen LogP contribution >= 0.6 is 0 Å². The number of aryl methyl sites for hydroxylation is 1. The molecule has 152 valence electrons. The summed E-state index contributed by atoms with van der Waals surface area (Å²) < 4.78 is 11.3. The molecular weight excluding hydrogens is 368 g/mol. The molecule has 0 spiro atoms. The molecule has 0 fully saturated rings. The molecule has 2 aromatic carbocycles. The van der Waals surface area contributed by atoms with Crippen LogP contribution in [0.4, 0.5) is 0 Å². The van der Waals surface area contributed by atoms with Gasteiger partial charge in [0, 0.05) is 25.1 Å². The van der Waals surface area contributed by atoms with Gasteiger partial charge in [-0.25, -0.2) is 0 Å². The van der Waals surface area contributed by atoms with Gasteiger partial charge in [0.1, 0.15) is 0 Å². The number of carbonyl (C=O) groups excluding carboxylic acids is 1. The highest BCUT2D eigenvalue weighted by atomic mass is 16.6. The van der Waals surface area contributed by atoms with Crippen LogP contribution in [0.5, 0.6) is 11.5 Å². The van der Waals surface area contributed by atoms with E-state index in [1.165, 1.54) is 5.56 Å². The van der Waals surface area contributed by atoms with Crippen LogP contribution in [0.15, 0.2) is 53.7 Å². The number of amides is 1. The second-order valence-electron chi connectivity index (χ2n) is 7.35. The van der Waals surface area contributed by atoms with Crippen molar-refractivity contribution in [2.75, 3.05) is 20.3 Å². The first-order chi connectivity index (χ1) is 14.2. The van der Waals surface area contributed by atoms with Gasteiger partial charge in [0.2, 0.25) is 6.10 Å². The van der Waals surface area contributed by atoms with Gasteiger partial charge >= 0.3 is 0 Å². The van der Waals surface area contributed by atoms with Crippen molar-refractivity contribution >= 4 is 11.6 Å². The SMILES string of the molecule is COc1cccc2c1OCCCN(C(=O)C1CC(CCc3ccccc3)=NO1)C2. The van der Waals surface area contributed by atoms with E-state index in [4.69, 9.17) is 14.3 Å². The number of nitrogens with zero attached hydrogens (tertiary/aromatic N) is 2. The van der Waals surface area contributed by atoms with Crippen LogP contribution < -0.4 is 9.47 Å². The summed E-state index contributed by atoms with van der Waals surface area (Å²) in [5.74, 6) is 1.40. The van der Waals surface area contributed by atoms with E-state index in [1.54, 1.807) is 7.11 Å². The number of para-hydroxylation sites is 1. The minimum atomic E-state index is -0.532. The highest BCUT2D eigenvalue weighted by Crippen LogP contribution is 2.33. The summed E-state index contributed by atoms with van der Waals surface area (Å²) in [7, 11) is 1.63. The second kappa shape index (κ2) is 8.99. The Kier molecular flexibility index (Phi) is 5.98. The number of ether oxygens (including phenoxy) is 2. The number of fused-ring (bicyclic) bond motifs is 1. The zero-order chi connectivity index (χ0) is 20.1. The number of carbonyl (C=O) groups is 1. The third-order valence-corrected chi connectivity index (χ3v) is 5.32. The molecule has 1 atom stereocenters. The summed E-state index contributed by atoms with van der Waals surface area (Å²) in [6.07, 6.45) is 2.50. The van der Waals surface area contributed by atoms with E-state index in [-0.39, 0.29) is 5.91 Å². The maximum atomic E-state index is 13.1. The average molecular weight is 394 g/mol. The molecular formula is C23H26N2O4. The maximum absolute atomic E-state index is 13.1. The standard InChI is InChI=1S/C23H26N2O4/c1-27-20-10-5-9-18-16-25(13-6-14-28-22(18)20)23(26)21-15-19(24-29-21)12-11-17-7-3-2-4-8-17/h2-5,7-10,21H,6,11-16H2,1H3. The first-order valence-electron chi connectivity index (χ1n) is 10.1. The molecule has 0 N–H and O–H groups in total. The maximum Gasteiger partial charge on any atom is 0.267 e. The van der Waals surface area contributed by atoms with E-state index in [9.17, 15) is 4.79 Å². The molecule has 2 heterocycles. The Morgan fingerprint density at radius 2 is 2.03 bits per heavy atom. The van der Waals surface area contributed by atoms with E-state index < -0.39 is 6.10 Å². The third-order valence-electron chi connectivity index (χ3n) is 5.32. The quantitative estimate of drug-likeness (QED) is 0.778. The fraction of sp³-hybridized carbons (Fsp3) is 0.391. The van der Waals surface area contributed by atoms with Gasteiger partial charge in [-0.2, -0.15) is 0 Å². The Morgan fingerprint density at radius 1 is 1.17 bits per heavy atom. The topological polar surface area (TPSA) is 60.4 Å². The minimum absolute atomic E-state index is 0.0147. The van der Waals surface area contributed by atoms with Crippen LogP contribution in [0.2, 0.25) is 0 Å². The van der Waals surface area contributed by atoms with E-state index in [0.29, 0.717) is 31.9 Å². The van der Waals surface area contributed by atoms with Gasteiger partial charge in [0.05, 0.1) is 19.4 Å². The van der Waals surface area contributed by atoms with E-state index in [2.05, 4.69) is 17.3 Å². The van der Waals surface area contributed by atoms with Gasteiger partial charge in [-0.15, -0.1) is 0 Å². The molecule has 1 unspecified atom stereocenters.